The Balaban J connectivity index is 1.63. The van der Waals surface area contributed by atoms with Gasteiger partial charge in [0.2, 0.25) is 0 Å². The molecule has 19 heavy (non-hydrogen) atoms. The van der Waals surface area contributed by atoms with E-state index in [-0.39, 0.29) is 5.79 Å². The summed E-state index contributed by atoms with van der Waals surface area (Å²) in [5, 5.41) is 0. The van der Waals surface area contributed by atoms with Crippen LogP contribution in [-0.2, 0) is 16.0 Å². The van der Waals surface area contributed by atoms with E-state index in [9.17, 15) is 0 Å². The quantitative estimate of drug-likeness (QED) is 0.847. The summed E-state index contributed by atoms with van der Waals surface area (Å²) in [4.78, 5) is 2.41. The van der Waals surface area contributed by atoms with E-state index in [2.05, 4.69) is 20.8 Å². The van der Waals surface area contributed by atoms with Gasteiger partial charge in [0.1, 0.15) is 0 Å². The second kappa shape index (κ2) is 5.40. The Labute approximate surface area is 122 Å². The number of nitrogen functional groups attached to an aromatic ring is 1. The molecule has 5 heteroatoms. The third-order valence-electron chi connectivity index (χ3n) is 3.97. The van der Waals surface area contributed by atoms with Crippen LogP contribution >= 0.6 is 15.9 Å². The molecular formula is C14H19BrN2O2. The lowest BCUT2D eigenvalue weighted by Crippen LogP contribution is -2.44. The first-order chi connectivity index (χ1) is 9.19. The van der Waals surface area contributed by atoms with Gasteiger partial charge in [0.25, 0.3) is 0 Å². The highest BCUT2D eigenvalue weighted by atomic mass is 79.9. The third kappa shape index (κ3) is 2.79. The molecule has 0 aliphatic carbocycles. The fourth-order valence-corrected chi connectivity index (χ4v) is 3.31. The van der Waals surface area contributed by atoms with Crippen molar-refractivity contribution in [2.75, 3.05) is 32.0 Å². The number of benzene rings is 1. The Bertz CT molecular complexity index is 431. The summed E-state index contributed by atoms with van der Waals surface area (Å²) in [6.45, 7) is 4.32. The lowest BCUT2D eigenvalue weighted by atomic mass is 10.0. The van der Waals surface area contributed by atoms with Crippen LogP contribution in [0.4, 0.5) is 5.69 Å². The Morgan fingerprint density at radius 3 is 2.53 bits per heavy atom. The van der Waals surface area contributed by atoms with Gasteiger partial charge in [-0.25, -0.2) is 0 Å². The molecule has 0 bridgehead atoms. The summed E-state index contributed by atoms with van der Waals surface area (Å²) in [7, 11) is 0. The van der Waals surface area contributed by atoms with E-state index in [1.165, 1.54) is 5.56 Å². The fourth-order valence-electron chi connectivity index (χ4n) is 2.80. The van der Waals surface area contributed by atoms with Crippen molar-refractivity contribution >= 4 is 21.6 Å². The van der Waals surface area contributed by atoms with Gasteiger partial charge < -0.3 is 15.2 Å². The van der Waals surface area contributed by atoms with E-state index < -0.39 is 0 Å². The van der Waals surface area contributed by atoms with Crippen molar-refractivity contribution in [2.45, 2.75) is 25.2 Å². The summed E-state index contributed by atoms with van der Waals surface area (Å²) in [6.07, 6.45) is 1.88. The lowest BCUT2D eigenvalue weighted by Gasteiger charge is -2.37. The van der Waals surface area contributed by atoms with Gasteiger partial charge >= 0.3 is 0 Å². The molecule has 1 spiro atoms. The summed E-state index contributed by atoms with van der Waals surface area (Å²) in [6, 6.07) is 5.96. The monoisotopic (exact) mass is 326 g/mol. The average Bonchev–Trinajstić information content (AvgIpc) is 2.85. The van der Waals surface area contributed by atoms with E-state index >= 15 is 0 Å². The molecule has 2 saturated heterocycles. The van der Waals surface area contributed by atoms with Crippen LogP contribution in [0.15, 0.2) is 22.7 Å². The Kier molecular flexibility index (Phi) is 3.80. The summed E-state index contributed by atoms with van der Waals surface area (Å²) in [5.41, 5.74) is 8.07. The van der Waals surface area contributed by atoms with Crippen LogP contribution in [0, 0.1) is 0 Å². The van der Waals surface area contributed by atoms with Gasteiger partial charge in [-0.3, -0.25) is 4.90 Å². The zero-order chi connectivity index (χ0) is 13.3. The molecule has 1 aromatic rings. The summed E-state index contributed by atoms with van der Waals surface area (Å²) >= 11 is 3.58. The molecule has 0 atom stereocenters. The largest absolute Gasteiger partial charge is 0.398 e. The van der Waals surface area contributed by atoms with Gasteiger partial charge in [-0.05, 0) is 12.1 Å². The normalized spacial score (nSPS) is 23.0. The number of halogens is 1. The molecule has 0 unspecified atom stereocenters. The first-order valence-electron chi connectivity index (χ1n) is 6.72. The maximum atomic E-state index is 6.05. The van der Waals surface area contributed by atoms with Gasteiger partial charge in [-0.2, -0.15) is 0 Å². The number of anilines is 1. The molecule has 0 radical (unpaired) electrons. The number of hydrogen-bond donors (Lipinski definition) is 1. The molecule has 0 aromatic heterocycles. The van der Waals surface area contributed by atoms with Crippen LogP contribution in [0.2, 0.25) is 0 Å². The van der Waals surface area contributed by atoms with Crippen LogP contribution in [-0.4, -0.2) is 37.0 Å². The number of ether oxygens (including phenoxy) is 2. The van der Waals surface area contributed by atoms with E-state index in [0.717, 1.165) is 55.8 Å². The minimum Gasteiger partial charge on any atom is -0.398 e. The van der Waals surface area contributed by atoms with E-state index in [4.69, 9.17) is 15.2 Å². The first-order valence-corrected chi connectivity index (χ1v) is 7.51. The zero-order valence-electron chi connectivity index (χ0n) is 10.9. The van der Waals surface area contributed by atoms with Crippen molar-refractivity contribution in [3.8, 4) is 0 Å². The van der Waals surface area contributed by atoms with Crippen molar-refractivity contribution in [2.24, 2.45) is 0 Å². The maximum Gasteiger partial charge on any atom is 0.170 e. The van der Waals surface area contributed by atoms with Crippen molar-refractivity contribution in [1.29, 1.82) is 0 Å². The Morgan fingerprint density at radius 2 is 1.89 bits per heavy atom. The van der Waals surface area contributed by atoms with Gasteiger partial charge in [-0.1, -0.05) is 22.0 Å². The predicted octanol–water partition coefficient (Wildman–Crippen LogP) is 2.37. The van der Waals surface area contributed by atoms with Gasteiger partial charge in [0.05, 0.1) is 13.2 Å². The van der Waals surface area contributed by atoms with Crippen LogP contribution < -0.4 is 5.73 Å². The lowest BCUT2D eigenvalue weighted by molar-refractivity contribution is -0.185. The minimum atomic E-state index is -0.296. The smallest absolute Gasteiger partial charge is 0.170 e. The molecule has 0 amide bonds. The third-order valence-corrected chi connectivity index (χ3v) is 4.71. The molecule has 2 fully saturated rings. The fraction of sp³-hybridized carbons (Fsp3) is 0.571. The van der Waals surface area contributed by atoms with E-state index in [0.29, 0.717) is 0 Å². The molecule has 104 valence electrons. The highest BCUT2D eigenvalue weighted by Gasteiger charge is 2.39. The van der Waals surface area contributed by atoms with E-state index in [1.54, 1.807) is 0 Å². The van der Waals surface area contributed by atoms with E-state index in [1.807, 2.05) is 18.2 Å². The van der Waals surface area contributed by atoms with Crippen molar-refractivity contribution in [3.63, 3.8) is 0 Å². The molecule has 3 rings (SSSR count). The summed E-state index contributed by atoms with van der Waals surface area (Å²) in [5.74, 6) is -0.296. The highest BCUT2D eigenvalue weighted by molar-refractivity contribution is 9.10. The molecular weight excluding hydrogens is 308 g/mol. The number of hydrogen-bond acceptors (Lipinski definition) is 4. The number of piperidine rings is 1. The zero-order valence-corrected chi connectivity index (χ0v) is 12.5. The standard InChI is InChI=1S/C14H19BrN2O2/c15-12-2-1-3-13(16)11(12)10-17-6-4-14(5-7-17)18-8-9-19-14/h1-3H,4-10,16H2. The van der Waals surface area contributed by atoms with Crippen LogP contribution in [0.1, 0.15) is 18.4 Å². The maximum absolute atomic E-state index is 6.05. The van der Waals surface area contributed by atoms with Gasteiger partial charge in [0.15, 0.2) is 5.79 Å². The van der Waals surface area contributed by atoms with Crippen molar-refractivity contribution in [3.05, 3.63) is 28.2 Å². The van der Waals surface area contributed by atoms with Gasteiger partial charge in [0, 0.05) is 48.2 Å². The molecule has 4 nitrogen and oxygen atoms in total. The van der Waals surface area contributed by atoms with Gasteiger partial charge in [-0.15, -0.1) is 0 Å². The topological polar surface area (TPSA) is 47.7 Å². The molecule has 2 N–H and O–H groups in total. The average molecular weight is 327 g/mol. The molecule has 0 saturated carbocycles. The molecule has 1 aromatic carbocycles. The Hall–Kier alpha value is -0.620. The molecule has 2 heterocycles. The Morgan fingerprint density at radius 1 is 1.21 bits per heavy atom. The summed E-state index contributed by atoms with van der Waals surface area (Å²) < 4.78 is 12.6. The highest BCUT2D eigenvalue weighted by Crippen LogP contribution is 2.33. The minimum absolute atomic E-state index is 0.296. The van der Waals surface area contributed by atoms with Crippen LogP contribution in [0.5, 0.6) is 0 Å². The second-order valence-corrected chi connectivity index (χ2v) is 6.05. The van der Waals surface area contributed by atoms with Crippen molar-refractivity contribution in [1.82, 2.24) is 4.90 Å². The number of nitrogens with zero attached hydrogens (tertiary/aromatic N) is 1. The number of rotatable bonds is 2. The SMILES string of the molecule is Nc1cccc(Br)c1CN1CCC2(CC1)OCCO2. The van der Waals surface area contributed by atoms with Crippen LogP contribution in [0.3, 0.4) is 0 Å². The molecule has 2 aliphatic heterocycles. The predicted molar refractivity (Wildman–Crippen MR) is 77.7 cm³/mol. The van der Waals surface area contributed by atoms with Crippen molar-refractivity contribution < 1.29 is 9.47 Å². The second-order valence-electron chi connectivity index (χ2n) is 5.19. The first kappa shape index (κ1) is 13.4. The van der Waals surface area contributed by atoms with Crippen LogP contribution in [0.25, 0.3) is 0 Å². The number of likely N-dealkylation sites (tertiary alicyclic amines) is 1. The molecule has 2 aliphatic rings. The number of nitrogens with two attached hydrogens (primary N) is 1.